The fraction of sp³-hybridized carbons (Fsp3) is 0.417. The fourth-order valence-corrected chi connectivity index (χ4v) is 2.20. The molecule has 2 aromatic rings. The van der Waals surface area contributed by atoms with E-state index in [0.717, 1.165) is 25.2 Å². The van der Waals surface area contributed by atoms with E-state index in [9.17, 15) is 4.79 Å². The molecular weight excluding hydrogens is 244 g/mol. The van der Waals surface area contributed by atoms with Gasteiger partial charge in [0.05, 0.1) is 0 Å². The molecule has 0 amide bonds. The van der Waals surface area contributed by atoms with E-state index in [4.69, 9.17) is 0 Å². The van der Waals surface area contributed by atoms with Crippen LogP contribution in [-0.4, -0.2) is 45.8 Å². The molecule has 1 aliphatic rings. The van der Waals surface area contributed by atoms with Gasteiger partial charge in [0.1, 0.15) is 0 Å². The number of piperazine rings is 1. The Kier molecular flexibility index (Phi) is 3.04. The van der Waals surface area contributed by atoms with Crippen molar-refractivity contribution in [2.45, 2.75) is 13.0 Å². The minimum Gasteiger partial charge on any atom is -0.337 e. The zero-order valence-electron chi connectivity index (χ0n) is 10.7. The summed E-state index contributed by atoms with van der Waals surface area (Å²) in [5.74, 6) is 1.37. The summed E-state index contributed by atoms with van der Waals surface area (Å²) in [7, 11) is 0. The van der Waals surface area contributed by atoms with E-state index >= 15 is 0 Å². The maximum atomic E-state index is 11.0. The lowest BCUT2D eigenvalue weighted by Gasteiger charge is -2.30. The van der Waals surface area contributed by atoms with Crippen LogP contribution < -0.4 is 15.8 Å². The van der Waals surface area contributed by atoms with Crippen LogP contribution in [0.3, 0.4) is 0 Å². The van der Waals surface area contributed by atoms with Gasteiger partial charge in [0, 0.05) is 43.5 Å². The molecule has 3 rings (SSSR count). The van der Waals surface area contributed by atoms with Gasteiger partial charge < -0.3 is 15.2 Å². The van der Waals surface area contributed by atoms with Gasteiger partial charge in [-0.2, -0.15) is 4.98 Å². The number of nitrogens with one attached hydrogen (secondary N) is 3. The van der Waals surface area contributed by atoms with Crippen LogP contribution in [0.15, 0.2) is 23.1 Å². The first kappa shape index (κ1) is 11.9. The Morgan fingerprint density at radius 2 is 2.32 bits per heavy atom. The average Bonchev–Trinajstić information content (AvgIpc) is 2.89. The molecule has 3 N–H and O–H groups in total. The molecule has 0 saturated carbocycles. The summed E-state index contributed by atoms with van der Waals surface area (Å²) < 4.78 is 0. The third kappa shape index (κ3) is 2.50. The molecule has 0 aromatic carbocycles. The molecule has 7 heteroatoms. The Morgan fingerprint density at radius 3 is 3.05 bits per heavy atom. The van der Waals surface area contributed by atoms with E-state index in [2.05, 4.69) is 37.3 Å². The molecule has 3 heterocycles. The topological polar surface area (TPSA) is 89.7 Å². The number of nitrogens with zero attached hydrogens (tertiary/aromatic N) is 3. The van der Waals surface area contributed by atoms with Crippen molar-refractivity contribution in [1.29, 1.82) is 0 Å². The number of hydrogen-bond donors (Lipinski definition) is 3. The van der Waals surface area contributed by atoms with Gasteiger partial charge in [-0.25, -0.2) is 0 Å². The molecule has 0 unspecified atom stereocenters. The van der Waals surface area contributed by atoms with Gasteiger partial charge in [-0.05, 0) is 13.0 Å². The number of rotatable bonds is 2. The van der Waals surface area contributed by atoms with Gasteiger partial charge >= 0.3 is 0 Å². The van der Waals surface area contributed by atoms with Crippen LogP contribution in [0.1, 0.15) is 6.92 Å². The standard InChI is InChI=1S/C12H16N6O/c1-8-7-18(5-4-13-8)12-15-11(16-17-12)9-2-3-10(19)14-6-9/h2-3,6,8,13H,4-5,7H2,1H3,(H,14,19)(H,15,16,17)/t8-/m1/s1. The highest BCUT2D eigenvalue weighted by Crippen LogP contribution is 2.16. The van der Waals surface area contributed by atoms with Crippen molar-refractivity contribution in [3.05, 3.63) is 28.7 Å². The van der Waals surface area contributed by atoms with Gasteiger partial charge in [0.15, 0.2) is 5.82 Å². The van der Waals surface area contributed by atoms with Gasteiger partial charge in [0.2, 0.25) is 11.5 Å². The molecule has 0 radical (unpaired) electrons. The highest BCUT2D eigenvalue weighted by atomic mass is 16.1. The molecule has 0 spiro atoms. The van der Waals surface area contributed by atoms with E-state index in [1.165, 1.54) is 6.07 Å². The highest BCUT2D eigenvalue weighted by Gasteiger charge is 2.19. The molecule has 0 bridgehead atoms. The van der Waals surface area contributed by atoms with Crippen LogP contribution in [0.2, 0.25) is 0 Å². The summed E-state index contributed by atoms with van der Waals surface area (Å²) in [6, 6.07) is 3.64. The zero-order chi connectivity index (χ0) is 13.2. The van der Waals surface area contributed by atoms with Crippen molar-refractivity contribution in [2.24, 2.45) is 0 Å². The number of hydrogen-bond acceptors (Lipinski definition) is 5. The average molecular weight is 260 g/mol. The lowest BCUT2D eigenvalue weighted by atomic mass is 10.2. The smallest absolute Gasteiger partial charge is 0.247 e. The second-order valence-electron chi connectivity index (χ2n) is 4.73. The quantitative estimate of drug-likeness (QED) is 0.705. The number of anilines is 1. The molecule has 7 nitrogen and oxygen atoms in total. The van der Waals surface area contributed by atoms with E-state index in [-0.39, 0.29) is 5.56 Å². The summed E-state index contributed by atoms with van der Waals surface area (Å²) >= 11 is 0. The van der Waals surface area contributed by atoms with Gasteiger partial charge in [0.25, 0.3) is 0 Å². The first-order valence-electron chi connectivity index (χ1n) is 6.32. The SMILES string of the molecule is C[C@@H]1CN(c2n[nH]c(-c3ccc(=O)[nH]c3)n2)CCN1. The van der Waals surface area contributed by atoms with Gasteiger partial charge in [-0.3, -0.25) is 9.89 Å². The maximum absolute atomic E-state index is 11.0. The Labute approximate surface area is 110 Å². The molecule has 2 aromatic heterocycles. The van der Waals surface area contributed by atoms with E-state index < -0.39 is 0 Å². The van der Waals surface area contributed by atoms with E-state index in [1.807, 2.05) is 0 Å². The van der Waals surface area contributed by atoms with Crippen molar-refractivity contribution in [2.75, 3.05) is 24.5 Å². The maximum Gasteiger partial charge on any atom is 0.247 e. The van der Waals surface area contributed by atoms with Crippen LogP contribution in [0, 0.1) is 0 Å². The third-order valence-corrected chi connectivity index (χ3v) is 3.18. The normalized spacial score (nSPS) is 19.6. The predicted octanol–water partition coefficient (Wildman–Crippen LogP) is -0.0419. The predicted molar refractivity (Wildman–Crippen MR) is 72.1 cm³/mol. The number of pyridine rings is 1. The Morgan fingerprint density at radius 1 is 1.42 bits per heavy atom. The van der Waals surface area contributed by atoms with Crippen molar-refractivity contribution in [3.8, 4) is 11.4 Å². The highest BCUT2D eigenvalue weighted by molar-refractivity contribution is 5.54. The molecule has 1 aliphatic heterocycles. The minimum atomic E-state index is -0.126. The van der Waals surface area contributed by atoms with Gasteiger partial charge in [-0.15, -0.1) is 5.10 Å². The monoisotopic (exact) mass is 260 g/mol. The van der Waals surface area contributed by atoms with Crippen LogP contribution in [0.25, 0.3) is 11.4 Å². The van der Waals surface area contributed by atoms with E-state index in [1.54, 1.807) is 12.3 Å². The van der Waals surface area contributed by atoms with Crippen molar-refractivity contribution in [1.82, 2.24) is 25.5 Å². The zero-order valence-corrected chi connectivity index (χ0v) is 10.7. The van der Waals surface area contributed by atoms with Crippen LogP contribution in [0.4, 0.5) is 5.95 Å². The summed E-state index contributed by atoms with van der Waals surface area (Å²) in [6.45, 7) is 4.86. The lowest BCUT2D eigenvalue weighted by molar-refractivity contribution is 0.480. The number of H-pyrrole nitrogens is 2. The molecule has 19 heavy (non-hydrogen) atoms. The molecule has 1 fully saturated rings. The van der Waals surface area contributed by atoms with Crippen LogP contribution in [-0.2, 0) is 0 Å². The van der Waals surface area contributed by atoms with E-state index in [0.29, 0.717) is 17.8 Å². The van der Waals surface area contributed by atoms with Gasteiger partial charge in [-0.1, -0.05) is 0 Å². The summed E-state index contributed by atoms with van der Waals surface area (Å²) in [4.78, 5) is 20.3. The van der Waals surface area contributed by atoms with Crippen LogP contribution >= 0.6 is 0 Å². The first-order chi connectivity index (χ1) is 9.22. The summed E-state index contributed by atoms with van der Waals surface area (Å²) in [5.41, 5.74) is 0.695. The van der Waals surface area contributed by atoms with Crippen molar-refractivity contribution < 1.29 is 0 Å². The Balaban J connectivity index is 1.82. The molecule has 100 valence electrons. The minimum absolute atomic E-state index is 0.126. The third-order valence-electron chi connectivity index (χ3n) is 3.18. The second kappa shape index (κ2) is 4.85. The summed E-state index contributed by atoms with van der Waals surface area (Å²) in [6.07, 6.45) is 1.63. The molecule has 1 saturated heterocycles. The van der Waals surface area contributed by atoms with Crippen molar-refractivity contribution >= 4 is 5.95 Å². The first-order valence-corrected chi connectivity index (χ1v) is 6.32. The Hall–Kier alpha value is -2.15. The van der Waals surface area contributed by atoms with Crippen molar-refractivity contribution in [3.63, 3.8) is 0 Å². The lowest BCUT2D eigenvalue weighted by Crippen LogP contribution is -2.49. The molecular formula is C12H16N6O. The number of aromatic nitrogens is 4. The number of aromatic amines is 2. The second-order valence-corrected chi connectivity index (χ2v) is 4.73. The van der Waals surface area contributed by atoms with Crippen LogP contribution in [0.5, 0.6) is 0 Å². The Bertz CT molecular complexity index is 598. The summed E-state index contributed by atoms with van der Waals surface area (Å²) in [5, 5.41) is 10.5. The fourth-order valence-electron chi connectivity index (χ4n) is 2.20. The molecule has 1 atom stereocenters. The molecule has 0 aliphatic carbocycles. The largest absolute Gasteiger partial charge is 0.337 e.